The van der Waals surface area contributed by atoms with Crippen LogP contribution >= 0.6 is 23.6 Å². The fraction of sp³-hybridized carbons (Fsp3) is 0. The number of nitrogens with zero attached hydrogens (tertiary/aromatic N) is 1. The Morgan fingerprint density at radius 3 is 2.81 bits per heavy atom. The number of thiophene rings is 1. The van der Waals surface area contributed by atoms with Gasteiger partial charge in [0.05, 0.1) is 16.0 Å². The first kappa shape index (κ1) is 9.56. The predicted molar refractivity (Wildman–Crippen MR) is 62.7 cm³/mol. The summed E-state index contributed by atoms with van der Waals surface area (Å²) in [6, 6.07) is 7.66. The topological polar surface area (TPSA) is 55.0 Å². The first-order valence-electron chi connectivity index (χ1n) is 4.52. The Bertz CT molecular complexity index is 648. The van der Waals surface area contributed by atoms with Gasteiger partial charge in [-0.15, -0.1) is 16.4 Å². The van der Waals surface area contributed by atoms with Crippen LogP contribution in [0.3, 0.4) is 0 Å². The number of hydrogen-bond donors (Lipinski definition) is 1. The normalized spacial score (nSPS) is 10.8. The minimum Gasteiger partial charge on any atom is -0.464 e. The van der Waals surface area contributed by atoms with E-state index in [1.807, 2.05) is 24.3 Å². The Labute approximate surface area is 99.5 Å². The molecule has 0 spiro atoms. The van der Waals surface area contributed by atoms with Gasteiger partial charge in [0.1, 0.15) is 5.76 Å². The Kier molecular flexibility index (Phi) is 2.23. The fourth-order valence-corrected chi connectivity index (χ4v) is 2.36. The molecule has 0 aliphatic rings. The molecule has 0 amide bonds. The number of hydrogen-bond acceptors (Lipinski definition) is 5. The van der Waals surface area contributed by atoms with Crippen molar-refractivity contribution in [1.82, 2.24) is 10.2 Å². The smallest absolute Gasteiger partial charge is 0.284 e. The van der Waals surface area contributed by atoms with Gasteiger partial charge < -0.3 is 8.83 Å². The van der Waals surface area contributed by atoms with Crippen molar-refractivity contribution in [2.45, 2.75) is 0 Å². The molecule has 0 unspecified atom stereocenters. The summed E-state index contributed by atoms with van der Waals surface area (Å²) in [5.74, 6) is 1.35. The Hall–Kier alpha value is -1.66. The van der Waals surface area contributed by atoms with Crippen LogP contribution in [0.5, 0.6) is 0 Å². The van der Waals surface area contributed by atoms with Crippen molar-refractivity contribution in [3.8, 4) is 21.4 Å². The molecule has 3 aromatic heterocycles. The van der Waals surface area contributed by atoms with Gasteiger partial charge in [-0.3, -0.25) is 0 Å². The highest BCUT2D eigenvalue weighted by molar-refractivity contribution is 7.71. The van der Waals surface area contributed by atoms with Crippen LogP contribution < -0.4 is 0 Å². The lowest BCUT2D eigenvalue weighted by molar-refractivity contribution is 0.553. The van der Waals surface area contributed by atoms with E-state index in [4.69, 9.17) is 21.1 Å². The highest BCUT2D eigenvalue weighted by Gasteiger charge is 2.10. The van der Waals surface area contributed by atoms with Gasteiger partial charge in [-0.25, -0.2) is 5.10 Å². The zero-order chi connectivity index (χ0) is 11.0. The number of rotatable bonds is 2. The number of nitrogens with one attached hydrogen (secondary N) is 1. The van der Waals surface area contributed by atoms with Crippen molar-refractivity contribution >= 4 is 23.6 Å². The zero-order valence-corrected chi connectivity index (χ0v) is 9.60. The van der Waals surface area contributed by atoms with Gasteiger partial charge in [-0.1, -0.05) is 0 Å². The number of aromatic nitrogens is 2. The first-order valence-corrected chi connectivity index (χ1v) is 5.75. The van der Waals surface area contributed by atoms with Crippen molar-refractivity contribution in [3.63, 3.8) is 0 Å². The van der Waals surface area contributed by atoms with Crippen LogP contribution in [-0.2, 0) is 0 Å². The van der Waals surface area contributed by atoms with Crippen molar-refractivity contribution in [1.29, 1.82) is 0 Å². The van der Waals surface area contributed by atoms with E-state index in [1.54, 1.807) is 17.6 Å². The minimum atomic E-state index is 0.281. The van der Waals surface area contributed by atoms with E-state index in [0.717, 1.165) is 15.5 Å². The second-order valence-electron chi connectivity index (χ2n) is 3.06. The summed E-state index contributed by atoms with van der Waals surface area (Å²) < 4.78 is 10.5. The Morgan fingerprint density at radius 2 is 2.12 bits per heavy atom. The van der Waals surface area contributed by atoms with Crippen LogP contribution in [0.15, 0.2) is 39.4 Å². The molecule has 0 radical (unpaired) electrons. The van der Waals surface area contributed by atoms with E-state index < -0.39 is 0 Å². The third-order valence-electron chi connectivity index (χ3n) is 2.02. The van der Waals surface area contributed by atoms with Crippen LogP contribution in [-0.4, -0.2) is 10.2 Å². The molecule has 4 nitrogen and oxygen atoms in total. The van der Waals surface area contributed by atoms with Crippen LogP contribution in [0, 0.1) is 4.84 Å². The van der Waals surface area contributed by atoms with E-state index in [1.165, 1.54) is 0 Å². The van der Waals surface area contributed by atoms with E-state index in [2.05, 4.69) is 10.2 Å². The minimum absolute atomic E-state index is 0.281. The van der Waals surface area contributed by atoms with Gasteiger partial charge in [0.2, 0.25) is 0 Å². The number of aromatic amines is 1. The molecular formula is C10H6N2O2S2. The lowest BCUT2D eigenvalue weighted by Gasteiger charge is -1.87. The van der Waals surface area contributed by atoms with Gasteiger partial charge in [0.15, 0.2) is 0 Å². The Balaban J connectivity index is 2.03. The lowest BCUT2D eigenvalue weighted by Crippen LogP contribution is -1.69. The third-order valence-corrected chi connectivity index (χ3v) is 3.28. The molecule has 80 valence electrons. The van der Waals surface area contributed by atoms with Crippen molar-refractivity contribution in [3.05, 3.63) is 35.4 Å². The summed E-state index contributed by atoms with van der Waals surface area (Å²) in [6.07, 6.45) is 1.65. The second kappa shape index (κ2) is 3.73. The monoisotopic (exact) mass is 250 g/mol. The van der Waals surface area contributed by atoms with Crippen molar-refractivity contribution in [2.75, 3.05) is 0 Å². The molecule has 3 rings (SSSR count). The number of furan rings is 1. The third kappa shape index (κ3) is 1.62. The first-order chi connectivity index (χ1) is 7.83. The predicted octanol–water partition coefficient (Wildman–Crippen LogP) is 3.72. The average Bonchev–Trinajstić information content (AvgIpc) is 2.97. The molecule has 0 atom stereocenters. The molecule has 0 aromatic carbocycles. The molecule has 0 aliphatic carbocycles. The van der Waals surface area contributed by atoms with Crippen LogP contribution in [0.2, 0.25) is 0 Å². The van der Waals surface area contributed by atoms with Gasteiger partial charge in [0, 0.05) is 0 Å². The lowest BCUT2D eigenvalue weighted by atomic mass is 10.3. The van der Waals surface area contributed by atoms with Gasteiger partial charge in [0.25, 0.3) is 10.7 Å². The molecule has 0 saturated carbocycles. The molecule has 0 bridgehead atoms. The van der Waals surface area contributed by atoms with Gasteiger partial charge in [-0.2, -0.15) is 0 Å². The standard InChI is InChI=1S/C10H6N2O2S2/c15-10-12-11-9(14-10)8-4-3-7(16-8)6-2-1-5-13-6/h1-5H,(H,12,15). The van der Waals surface area contributed by atoms with Gasteiger partial charge in [-0.05, 0) is 36.5 Å². The average molecular weight is 250 g/mol. The summed E-state index contributed by atoms with van der Waals surface area (Å²) in [4.78, 5) is 2.23. The summed E-state index contributed by atoms with van der Waals surface area (Å²) >= 11 is 6.36. The van der Waals surface area contributed by atoms with Crippen LogP contribution in [0.4, 0.5) is 0 Å². The maximum absolute atomic E-state index is 5.30. The van der Waals surface area contributed by atoms with Crippen molar-refractivity contribution in [2.24, 2.45) is 0 Å². The fourth-order valence-electron chi connectivity index (χ4n) is 1.34. The molecule has 3 aromatic rings. The van der Waals surface area contributed by atoms with E-state index in [-0.39, 0.29) is 4.84 Å². The molecule has 16 heavy (non-hydrogen) atoms. The number of H-pyrrole nitrogens is 1. The molecule has 3 heterocycles. The van der Waals surface area contributed by atoms with E-state index in [0.29, 0.717) is 5.89 Å². The summed E-state index contributed by atoms with van der Waals surface area (Å²) in [7, 11) is 0. The molecular weight excluding hydrogens is 244 g/mol. The van der Waals surface area contributed by atoms with Crippen LogP contribution in [0.25, 0.3) is 21.4 Å². The molecule has 1 N–H and O–H groups in total. The molecule has 0 fully saturated rings. The quantitative estimate of drug-likeness (QED) is 0.704. The van der Waals surface area contributed by atoms with Gasteiger partial charge >= 0.3 is 0 Å². The summed E-state index contributed by atoms with van der Waals surface area (Å²) in [5, 5.41) is 6.56. The maximum Gasteiger partial charge on any atom is 0.284 e. The van der Waals surface area contributed by atoms with E-state index in [9.17, 15) is 0 Å². The molecule has 6 heteroatoms. The molecule has 0 saturated heterocycles. The molecule has 0 aliphatic heterocycles. The largest absolute Gasteiger partial charge is 0.464 e. The highest BCUT2D eigenvalue weighted by atomic mass is 32.1. The maximum atomic E-state index is 5.30. The highest BCUT2D eigenvalue weighted by Crippen LogP contribution is 2.33. The van der Waals surface area contributed by atoms with E-state index >= 15 is 0 Å². The van der Waals surface area contributed by atoms with Crippen LogP contribution in [0.1, 0.15) is 0 Å². The summed E-state index contributed by atoms with van der Waals surface area (Å²) in [5.41, 5.74) is 0. The van der Waals surface area contributed by atoms with Crippen molar-refractivity contribution < 1.29 is 8.83 Å². The zero-order valence-electron chi connectivity index (χ0n) is 7.97. The SMILES string of the molecule is S=c1[nH]nc(-c2ccc(-c3ccco3)s2)o1. The Morgan fingerprint density at radius 1 is 1.25 bits per heavy atom. The summed E-state index contributed by atoms with van der Waals surface area (Å²) in [6.45, 7) is 0. The second-order valence-corrected chi connectivity index (χ2v) is 4.51.